The second kappa shape index (κ2) is 8.11. The number of hydrogen-bond acceptors (Lipinski definition) is 4. The zero-order chi connectivity index (χ0) is 15.4. The van der Waals surface area contributed by atoms with Crippen molar-refractivity contribution in [1.82, 2.24) is 10.6 Å². The van der Waals surface area contributed by atoms with E-state index in [-0.39, 0.29) is 18.3 Å². The summed E-state index contributed by atoms with van der Waals surface area (Å²) in [7, 11) is 1.64. The van der Waals surface area contributed by atoms with Gasteiger partial charge in [-0.05, 0) is 54.7 Å². The van der Waals surface area contributed by atoms with Gasteiger partial charge in [-0.2, -0.15) is 0 Å². The highest BCUT2D eigenvalue weighted by Gasteiger charge is 2.39. The minimum Gasteiger partial charge on any atom is -0.368 e. The second-order valence-corrected chi connectivity index (χ2v) is 6.62. The molecule has 0 bridgehead atoms. The van der Waals surface area contributed by atoms with Gasteiger partial charge in [-0.3, -0.25) is 4.79 Å². The first-order valence-corrected chi connectivity index (χ1v) is 8.62. The monoisotopic (exact) mass is 354 g/mol. The van der Waals surface area contributed by atoms with E-state index in [1.807, 2.05) is 0 Å². The van der Waals surface area contributed by atoms with Crippen LogP contribution in [0.1, 0.15) is 18.4 Å². The van der Waals surface area contributed by atoms with Crippen LogP contribution in [0.5, 0.6) is 0 Å². The molecule has 1 fully saturated rings. The van der Waals surface area contributed by atoms with Crippen molar-refractivity contribution in [2.24, 2.45) is 0 Å². The van der Waals surface area contributed by atoms with Crippen molar-refractivity contribution in [3.05, 3.63) is 35.2 Å². The number of hydrogen-bond donors (Lipinski definition) is 2. The quantitative estimate of drug-likeness (QED) is 0.868. The Hall–Kier alpha value is -1.14. The number of ether oxygens (including phenoxy) is 1. The van der Waals surface area contributed by atoms with Crippen LogP contribution in [-0.4, -0.2) is 38.3 Å². The molecule has 0 radical (unpaired) electrons. The highest BCUT2D eigenvalue weighted by Crippen LogP contribution is 2.26. The molecule has 6 heteroatoms. The largest absolute Gasteiger partial charge is 0.368 e. The van der Waals surface area contributed by atoms with Gasteiger partial charge in [0.1, 0.15) is 5.60 Å². The Labute approximate surface area is 147 Å². The number of halogens is 1. The molecule has 1 saturated heterocycles. The number of benzene rings is 1. The van der Waals surface area contributed by atoms with E-state index in [9.17, 15) is 4.79 Å². The van der Waals surface area contributed by atoms with E-state index in [2.05, 4.69) is 40.3 Å². The molecule has 1 aromatic heterocycles. The van der Waals surface area contributed by atoms with Gasteiger partial charge >= 0.3 is 0 Å². The van der Waals surface area contributed by atoms with Crippen LogP contribution in [0.2, 0.25) is 0 Å². The van der Waals surface area contributed by atoms with Crippen LogP contribution in [0, 0.1) is 0 Å². The minimum atomic E-state index is -0.651. The smallest absolute Gasteiger partial charge is 0.252 e. The summed E-state index contributed by atoms with van der Waals surface area (Å²) in [5, 5.41) is 9.81. The van der Waals surface area contributed by atoms with Gasteiger partial charge in [0, 0.05) is 18.4 Å². The Kier molecular flexibility index (Phi) is 6.41. The van der Waals surface area contributed by atoms with E-state index < -0.39 is 5.60 Å². The Morgan fingerprint density at radius 2 is 2.09 bits per heavy atom. The number of carbonyl (C=O) groups is 1. The third-order valence-electron chi connectivity index (χ3n) is 4.46. The van der Waals surface area contributed by atoms with Gasteiger partial charge in [-0.25, -0.2) is 0 Å². The summed E-state index contributed by atoms with van der Waals surface area (Å²) in [6.07, 6.45) is 2.32. The Morgan fingerprint density at radius 1 is 1.35 bits per heavy atom. The van der Waals surface area contributed by atoms with Gasteiger partial charge in [0.2, 0.25) is 0 Å². The van der Waals surface area contributed by atoms with Crippen molar-refractivity contribution in [3.63, 3.8) is 0 Å². The molecule has 3 rings (SSSR count). The summed E-state index contributed by atoms with van der Waals surface area (Å²) in [4.78, 5) is 12.5. The van der Waals surface area contributed by atoms with Crippen molar-refractivity contribution in [3.8, 4) is 0 Å². The highest BCUT2D eigenvalue weighted by molar-refractivity contribution is 7.17. The van der Waals surface area contributed by atoms with Crippen molar-refractivity contribution in [1.29, 1.82) is 0 Å². The summed E-state index contributed by atoms with van der Waals surface area (Å²) < 4.78 is 6.85. The van der Waals surface area contributed by atoms with E-state index in [1.54, 1.807) is 18.4 Å². The molecule has 126 valence electrons. The Balaban J connectivity index is 0.00000192. The van der Waals surface area contributed by atoms with E-state index in [0.29, 0.717) is 6.54 Å². The lowest BCUT2D eigenvalue weighted by Gasteiger charge is -2.34. The molecule has 0 aliphatic carbocycles. The lowest BCUT2D eigenvalue weighted by atomic mass is 9.91. The van der Waals surface area contributed by atoms with Gasteiger partial charge in [-0.15, -0.1) is 23.7 Å². The molecule has 2 N–H and O–H groups in total. The number of amides is 1. The van der Waals surface area contributed by atoms with E-state index in [1.165, 1.54) is 15.6 Å². The predicted molar refractivity (Wildman–Crippen MR) is 97.6 cm³/mol. The van der Waals surface area contributed by atoms with E-state index in [4.69, 9.17) is 4.74 Å². The SMILES string of the molecule is COC1(C(=O)NCCc2csc3ccccc23)CCNCC1.Cl. The van der Waals surface area contributed by atoms with Crippen molar-refractivity contribution in [2.45, 2.75) is 24.9 Å². The number of carbonyl (C=O) groups excluding carboxylic acids is 1. The normalized spacial score (nSPS) is 16.7. The maximum absolute atomic E-state index is 12.5. The third-order valence-corrected chi connectivity index (χ3v) is 5.47. The first-order chi connectivity index (χ1) is 10.7. The molecule has 0 unspecified atom stereocenters. The Morgan fingerprint density at radius 3 is 2.83 bits per heavy atom. The summed E-state index contributed by atoms with van der Waals surface area (Å²) in [6.45, 7) is 2.31. The van der Waals surface area contributed by atoms with Crippen LogP contribution >= 0.6 is 23.7 Å². The lowest BCUT2D eigenvalue weighted by molar-refractivity contribution is -0.146. The number of piperidine rings is 1. The van der Waals surface area contributed by atoms with Gasteiger partial charge in [0.15, 0.2) is 0 Å². The van der Waals surface area contributed by atoms with Gasteiger partial charge in [0.05, 0.1) is 0 Å². The van der Waals surface area contributed by atoms with Crippen LogP contribution in [0.15, 0.2) is 29.6 Å². The third kappa shape index (κ3) is 3.86. The van der Waals surface area contributed by atoms with E-state index in [0.717, 1.165) is 32.4 Å². The first kappa shape index (κ1) is 18.2. The summed E-state index contributed by atoms with van der Waals surface area (Å²) >= 11 is 1.76. The summed E-state index contributed by atoms with van der Waals surface area (Å²) in [6, 6.07) is 8.40. The lowest BCUT2D eigenvalue weighted by Crippen LogP contribution is -2.54. The van der Waals surface area contributed by atoms with Crippen LogP contribution < -0.4 is 10.6 Å². The molecule has 1 aromatic carbocycles. The number of rotatable bonds is 5. The number of fused-ring (bicyclic) bond motifs is 1. The predicted octanol–water partition coefficient (Wildman–Crippen LogP) is 2.75. The maximum atomic E-state index is 12.5. The Bertz CT molecular complexity index is 653. The van der Waals surface area contributed by atoms with Gasteiger partial charge < -0.3 is 15.4 Å². The molecule has 0 atom stereocenters. The molecule has 0 saturated carbocycles. The van der Waals surface area contributed by atoms with Crippen LogP contribution in [0.25, 0.3) is 10.1 Å². The number of methoxy groups -OCH3 is 1. The fourth-order valence-corrected chi connectivity index (χ4v) is 4.05. The van der Waals surface area contributed by atoms with Gasteiger partial charge in [0.25, 0.3) is 5.91 Å². The molecule has 2 aromatic rings. The minimum absolute atomic E-state index is 0. The van der Waals surface area contributed by atoms with Gasteiger partial charge in [-0.1, -0.05) is 18.2 Å². The molecule has 2 heterocycles. The number of nitrogens with one attached hydrogen (secondary N) is 2. The number of thiophene rings is 1. The fraction of sp³-hybridized carbons (Fsp3) is 0.471. The van der Waals surface area contributed by atoms with Crippen LogP contribution in [0.4, 0.5) is 0 Å². The standard InChI is InChI=1S/C17H22N2O2S.ClH/c1-21-17(7-10-18-11-8-17)16(20)19-9-6-13-12-22-15-5-3-2-4-14(13)15;/h2-5,12,18H,6-11H2,1H3,(H,19,20);1H. The average molecular weight is 355 g/mol. The maximum Gasteiger partial charge on any atom is 0.252 e. The summed E-state index contributed by atoms with van der Waals surface area (Å²) in [5.74, 6) is 0.0241. The molecule has 1 amide bonds. The van der Waals surface area contributed by atoms with Crippen LogP contribution in [0.3, 0.4) is 0 Å². The average Bonchev–Trinajstić information content (AvgIpc) is 2.99. The van der Waals surface area contributed by atoms with E-state index >= 15 is 0 Å². The molecular formula is C17H23ClN2O2S. The molecule has 1 aliphatic rings. The molecule has 1 aliphatic heterocycles. The first-order valence-electron chi connectivity index (χ1n) is 7.74. The fourth-order valence-electron chi connectivity index (χ4n) is 3.05. The van der Waals surface area contributed by atoms with Crippen LogP contribution in [-0.2, 0) is 16.0 Å². The zero-order valence-electron chi connectivity index (χ0n) is 13.3. The molecular weight excluding hydrogens is 332 g/mol. The topological polar surface area (TPSA) is 50.4 Å². The molecule has 23 heavy (non-hydrogen) atoms. The second-order valence-electron chi connectivity index (χ2n) is 5.71. The van der Waals surface area contributed by atoms with Crippen molar-refractivity contribution < 1.29 is 9.53 Å². The zero-order valence-corrected chi connectivity index (χ0v) is 14.9. The summed E-state index contributed by atoms with van der Waals surface area (Å²) in [5.41, 5.74) is 0.653. The molecule has 4 nitrogen and oxygen atoms in total. The van der Waals surface area contributed by atoms with Crippen molar-refractivity contribution in [2.75, 3.05) is 26.7 Å². The highest BCUT2D eigenvalue weighted by atomic mass is 35.5. The molecule has 0 spiro atoms. The van der Waals surface area contributed by atoms with Crippen molar-refractivity contribution >= 4 is 39.7 Å².